The number of para-hydroxylation sites is 1. The molecule has 2 N–H and O–H groups in total. The fourth-order valence-corrected chi connectivity index (χ4v) is 5.29. The van der Waals surface area contributed by atoms with E-state index in [9.17, 15) is 4.79 Å². The second-order valence-electron chi connectivity index (χ2n) is 7.32. The maximum Gasteiger partial charge on any atom is 0.341 e. The number of carbonyl (C=O) groups excluding carboxylic acids is 1. The van der Waals surface area contributed by atoms with Crippen LogP contribution in [0.5, 0.6) is 0 Å². The third-order valence-electron chi connectivity index (χ3n) is 5.12. The third-order valence-corrected chi connectivity index (χ3v) is 6.46. The van der Waals surface area contributed by atoms with Crippen molar-refractivity contribution in [2.45, 2.75) is 26.4 Å². The molecule has 31 heavy (non-hydrogen) atoms. The molecule has 0 bridgehead atoms. The zero-order valence-electron chi connectivity index (χ0n) is 17.4. The number of hydrogen-bond donors (Lipinski definition) is 2. The molecular weight excluding hydrogens is 426 g/mol. The number of thiophene rings is 1. The molecule has 0 saturated heterocycles. The molecule has 4 rings (SSSR count). The van der Waals surface area contributed by atoms with Crippen LogP contribution in [0.15, 0.2) is 60.7 Å². The number of ether oxygens (including phenoxy) is 1. The van der Waals surface area contributed by atoms with Gasteiger partial charge in [0.2, 0.25) is 0 Å². The van der Waals surface area contributed by atoms with Crippen molar-refractivity contribution in [2.75, 3.05) is 23.8 Å². The van der Waals surface area contributed by atoms with Crippen LogP contribution in [0, 0.1) is 0 Å². The Morgan fingerprint density at radius 3 is 2.52 bits per heavy atom. The minimum atomic E-state index is -0.290. The molecule has 0 fully saturated rings. The van der Waals surface area contributed by atoms with Crippen molar-refractivity contribution in [3.63, 3.8) is 0 Å². The van der Waals surface area contributed by atoms with Crippen LogP contribution in [-0.2, 0) is 24.2 Å². The number of anilines is 2. The maximum absolute atomic E-state index is 12.8. The number of thiocarbonyl (C=S) groups is 1. The van der Waals surface area contributed by atoms with Crippen molar-refractivity contribution in [2.24, 2.45) is 0 Å². The maximum atomic E-state index is 12.8. The Kier molecular flexibility index (Phi) is 6.96. The van der Waals surface area contributed by atoms with E-state index in [2.05, 4.69) is 39.8 Å². The van der Waals surface area contributed by atoms with Gasteiger partial charge in [-0.25, -0.2) is 4.79 Å². The van der Waals surface area contributed by atoms with Crippen molar-refractivity contribution in [3.8, 4) is 0 Å². The molecule has 1 aliphatic rings. The lowest BCUT2D eigenvalue weighted by molar-refractivity contribution is 0.0526. The first-order valence-corrected chi connectivity index (χ1v) is 11.6. The quantitative estimate of drug-likeness (QED) is 0.392. The van der Waals surface area contributed by atoms with E-state index in [0.717, 1.165) is 42.3 Å². The molecule has 2 aromatic carbocycles. The second-order valence-corrected chi connectivity index (χ2v) is 8.83. The molecular formula is C24H25N3O2S2. The molecule has 1 aromatic heterocycles. The Bertz CT molecular complexity index is 1050. The first-order valence-electron chi connectivity index (χ1n) is 10.3. The summed E-state index contributed by atoms with van der Waals surface area (Å²) in [6.45, 7) is 4.77. The van der Waals surface area contributed by atoms with Gasteiger partial charge in [0.1, 0.15) is 5.00 Å². The zero-order valence-corrected chi connectivity index (χ0v) is 19.0. The van der Waals surface area contributed by atoms with E-state index in [0.29, 0.717) is 17.3 Å². The van der Waals surface area contributed by atoms with Gasteiger partial charge in [0.15, 0.2) is 5.11 Å². The number of nitrogens with zero attached hydrogens (tertiary/aromatic N) is 1. The summed E-state index contributed by atoms with van der Waals surface area (Å²) in [5.41, 5.74) is 3.89. The van der Waals surface area contributed by atoms with Gasteiger partial charge in [-0.05, 0) is 48.8 Å². The molecule has 0 atom stereocenters. The summed E-state index contributed by atoms with van der Waals surface area (Å²) in [6, 6.07) is 20.2. The number of carbonyl (C=O) groups is 1. The van der Waals surface area contributed by atoms with Gasteiger partial charge in [-0.2, -0.15) is 0 Å². The highest BCUT2D eigenvalue weighted by atomic mass is 32.1. The lowest BCUT2D eigenvalue weighted by Gasteiger charge is -2.27. The average molecular weight is 452 g/mol. The van der Waals surface area contributed by atoms with Crippen molar-refractivity contribution in [3.05, 3.63) is 82.2 Å². The van der Waals surface area contributed by atoms with E-state index in [1.165, 1.54) is 10.4 Å². The first kappa shape index (κ1) is 21.5. The van der Waals surface area contributed by atoms with Gasteiger partial charge in [0.25, 0.3) is 0 Å². The van der Waals surface area contributed by atoms with Crippen molar-refractivity contribution < 1.29 is 9.53 Å². The summed E-state index contributed by atoms with van der Waals surface area (Å²) in [5.74, 6) is -0.290. The number of hydrogen-bond acceptors (Lipinski definition) is 5. The lowest BCUT2D eigenvalue weighted by Crippen LogP contribution is -2.30. The van der Waals surface area contributed by atoms with E-state index >= 15 is 0 Å². The van der Waals surface area contributed by atoms with Gasteiger partial charge < -0.3 is 15.4 Å². The number of esters is 1. The minimum absolute atomic E-state index is 0.290. The predicted molar refractivity (Wildman–Crippen MR) is 131 cm³/mol. The fourth-order valence-electron chi connectivity index (χ4n) is 3.73. The van der Waals surface area contributed by atoms with E-state index in [1.807, 2.05) is 43.3 Å². The number of benzene rings is 2. The number of rotatable bonds is 6. The van der Waals surface area contributed by atoms with E-state index in [1.54, 1.807) is 11.3 Å². The van der Waals surface area contributed by atoms with Gasteiger partial charge in [-0.15, -0.1) is 11.3 Å². The van der Waals surface area contributed by atoms with Gasteiger partial charge in [0, 0.05) is 30.2 Å². The minimum Gasteiger partial charge on any atom is -0.462 e. The molecule has 0 amide bonds. The topological polar surface area (TPSA) is 53.6 Å². The molecule has 0 spiro atoms. The molecule has 0 aliphatic carbocycles. The monoisotopic (exact) mass is 451 g/mol. The highest BCUT2D eigenvalue weighted by Crippen LogP contribution is 2.38. The Balaban J connectivity index is 1.54. The van der Waals surface area contributed by atoms with Crippen LogP contribution in [0.3, 0.4) is 0 Å². The molecule has 160 valence electrons. The molecule has 2 heterocycles. The fraction of sp³-hybridized carbons (Fsp3) is 0.250. The normalized spacial score (nSPS) is 13.3. The van der Waals surface area contributed by atoms with Crippen LogP contribution in [0.25, 0.3) is 0 Å². The van der Waals surface area contributed by atoms with E-state index in [4.69, 9.17) is 17.0 Å². The Labute approximate surface area is 192 Å². The van der Waals surface area contributed by atoms with Crippen LogP contribution in [0.2, 0.25) is 0 Å². The lowest BCUT2D eigenvalue weighted by atomic mass is 10.0. The zero-order chi connectivity index (χ0) is 21.6. The molecule has 0 saturated carbocycles. The first-order chi connectivity index (χ1) is 15.1. The molecule has 1 aliphatic heterocycles. The summed E-state index contributed by atoms with van der Waals surface area (Å²) in [4.78, 5) is 16.4. The van der Waals surface area contributed by atoms with Crippen LogP contribution in [-0.4, -0.2) is 29.1 Å². The Hall–Kier alpha value is -2.74. The van der Waals surface area contributed by atoms with Crippen LogP contribution in [0.4, 0.5) is 10.7 Å². The number of nitrogens with one attached hydrogen (secondary N) is 2. The predicted octanol–water partition coefficient (Wildman–Crippen LogP) is 5.29. The highest BCUT2D eigenvalue weighted by molar-refractivity contribution is 7.80. The van der Waals surface area contributed by atoms with Gasteiger partial charge in [-0.3, -0.25) is 4.90 Å². The summed E-state index contributed by atoms with van der Waals surface area (Å²) in [5, 5.41) is 7.62. The molecule has 7 heteroatoms. The molecule has 3 aromatic rings. The van der Waals surface area contributed by atoms with Crippen LogP contribution >= 0.6 is 23.6 Å². The highest BCUT2D eigenvalue weighted by Gasteiger charge is 2.29. The summed E-state index contributed by atoms with van der Waals surface area (Å²) < 4.78 is 5.37. The Morgan fingerprint density at radius 2 is 1.81 bits per heavy atom. The SMILES string of the molecule is CCOC(=O)c1c(NC(=S)Nc2ccccc2)sc2c1CCN(Cc1ccccc1)C2. The summed E-state index contributed by atoms with van der Waals surface area (Å²) in [7, 11) is 0. The Morgan fingerprint density at radius 1 is 1.10 bits per heavy atom. The standard InChI is InChI=1S/C24H25N3O2S2/c1-2-29-23(28)21-19-13-14-27(15-17-9-5-3-6-10-17)16-20(19)31-22(21)26-24(30)25-18-11-7-4-8-12-18/h3-12H,2,13-16H2,1H3,(H2,25,26,30). The third kappa shape index (κ3) is 5.31. The van der Waals surface area contributed by atoms with Crippen molar-refractivity contribution in [1.29, 1.82) is 0 Å². The number of fused-ring (bicyclic) bond motifs is 1. The molecule has 0 radical (unpaired) electrons. The average Bonchev–Trinajstić information content (AvgIpc) is 3.12. The van der Waals surface area contributed by atoms with Gasteiger partial charge in [0.05, 0.1) is 12.2 Å². The van der Waals surface area contributed by atoms with E-state index < -0.39 is 0 Å². The summed E-state index contributed by atoms with van der Waals surface area (Å²) >= 11 is 7.09. The second kappa shape index (κ2) is 10.0. The van der Waals surface area contributed by atoms with Gasteiger partial charge in [-0.1, -0.05) is 48.5 Å². The van der Waals surface area contributed by atoms with Crippen LogP contribution in [0.1, 0.15) is 33.3 Å². The van der Waals surface area contributed by atoms with Crippen molar-refractivity contribution >= 4 is 45.3 Å². The van der Waals surface area contributed by atoms with Crippen molar-refractivity contribution in [1.82, 2.24) is 4.90 Å². The van der Waals surface area contributed by atoms with Gasteiger partial charge >= 0.3 is 5.97 Å². The van der Waals surface area contributed by atoms with E-state index in [-0.39, 0.29) is 5.97 Å². The largest absolute Gasteiger partial charge is 0.462 e. The molecule has 5 nitrogen and oxygen atoms in total. The summed E-state index contributed by atoms with van der Waals surface area (Å²) in [6.07, 6.45) is 0.813. The van der Waals surface area contributed by atoms with Crippen LogP contribution < -0.4 is 10.6 Å². The molecule has 0 unspecified atom stereocenters. The smallest absolute Gasteiger partial charge is 0.341 e.